The lowest BCUT2D eigenvalue weighted by Gasteiger charge is -2.26. The number of carbonyl (C=O) groups excluding carboxylic acids is 2. The number of thiophene rings is 2. The van der Waals surface area contributed by atoms with Crippen molar-refractivity contribution >= 4 is 45.8 Å². The third-order valence-electron chi connectivity index (χ3n) is 5.91. The minimum absolute atomic E-state index is 0.199. The molecule has 4 rings (SSSR count). The van der Waals surface area contributed by atoms with E-state index in [1.807, 2.05) is 17.5 Å². The second-order valence-electron chi connectivity index (χ2n) is 8.25. The second kappa shape index (κ2) is 12.1. The highest BCUT2D eigenvalue weighted by molar-refractivity contribution is 7.16. The van der Waals surface area contributed by atoms with Gasteiger partial charge in [0.2, 0.25) is 5.91 Å². The molecule has 1 fully saturated rings. The van der Waals surface area contributed by atoms with E-state index in [0.717, 1.165) is 67.4 Å². The summed E-state index contributed by atoms with van der Waals surface area (Å²) in [7, 11) is 0. The number of anilines is 1. The van der Waals surface area contributed by atoms with Crippen LogP contribution in [0.4, 0.5) is 9.80 Å². The minimum Gasteiger partial charge on any atom is -0.449 e. The molecule has 2 aromatic rings. The molecule has 1 saturated heterocycles. The van der Waals surface area contributed by atoms with Crippen molar-refractivity contribution in [2.75, 3.05) is 51.3 Å². The molecule has 3 heterocycles. The Bertz CT molecular complexity index is 1050. The summed E-state index contributed by atoms with van der Waals surface area (Å²) in [4.78, 5) is 28.8. The molecule has 2 amide bonds. The first-order chi connectivity index (χ1) is 16.6. The van der Waals surface area contributed by atoms with Gasteiger partial charge in [-0.25, -0.2) is 4.79 Å². The molecule has 0 radical (unpaired) electrons. The van der Waals surface area contributed by atoms with E-state index in [1.54, 1.807) is 17.4 Å². The molecule has 0 saturated carbocycles. The zero-order chi connectivity index (χ0) is 23.8. The molecule has 180 valence electrons. The fourth-order valence-electron chi connectivity index (χ4n) is 4.09. The van der Waals surface area contributed by atoms with Gasteiger partial charge in [-0.3, -0.25) is 9.69 Å². The number of ether oxygens (including phenoxy) is 2. The van der Waals surface area contributed by atoms with Crippen LogP contribution in [-0.4, -0.2) is 62.9 Å². The highest BCUT2D eigenvalue weighted by Gasteiger charge is 2.27. The first-order valence-corrected chi connectivity index (χ1v) is 13.1. The highest BCUT2D eigenvalue weighted by atomic mass is 32.1. The van der Waals surface area contributed by atoms with Gasteiger partial charge in [-0.05, 0) is 48.3 Å². The van der Waals surface area contributed by atoms with E-state index in [9.17, 15) is 14.9 Å². The first-order valence-electron chi connectivity index (χ1n) is 11.4. The summed E-state index contributed by atoms with van der Waals surface area (Å²) in [6.45, 7) is 4.93. The van der Waals surface area contributed by atoms with E-state index in [2.05, 4.69) is 21.6 Å². The van der Waals surface area contributed by atoms with Crippen molar-refractivity contribution in [3.8, 4) is 6.07 Å². The molecule has 0 spiro atoms. The topological polar surface area (TPSA) is 104 Å². The molecule has 0 aromatic carbocycles. The molecule has 0 bridgehead atoms. The Morgan fingerprint density at radius 2 is 2.21 bits per heavy atom. The molecule has 8 nitrogen and oxygen atoms in total. The van der Waals surface area contributed by atoms with Gasteiger partial charge in [0.25, 0.3) is 0 Å². The van der Waals surface area contributed by atoms with Crippen LogP contribution in [0.25, 0.3) is 6.08 Å². The van der Waals surface area contributed by atoms with Crippen LogP contribution in [0.2, 0.25) is 0 Å². The van der Waals surface area contributed by atoms with E-state index in [-0.39, 0.29) is 11.8 Å². The maximum absolute atomic E-state index is 12.3. The smallest absolute Gasteiger partial charge is 0.407 e. The normalized spacial score (nSPS) is 18.3. The van der Waals surface area contributed by atoms with Crippen molar-refractivity contribution in [2.24, 2.45) is 5.92 Å². The average molecular weight is 501 g/mol. The Morgan fingerprint density at radius 1 is 1.35 bits per heavy atom. The molecule has 1 aliphatic carbocycles. The number of nitriles is 1. The van der Waals surface area contributed by atoms with Gasteiger partial charge in [-0.15, -0.1) is 22.7 Å². The van der Waals surface area contributed by atoms with Gasteiger partial charge in [0.15, 0.2) is 0 Å². The number of alkyl carbamates (subject to hydrolysis) is 1. The Hall–Kier alpha value is -2.71. The van der Waals surface area contributed by atoms with Crippen LogP contribution >= 0.6 is 22.7 Å². The number of morpholine rings is 1. The van der Waals surface area contributed by atoms with Crippen molar-refractivity contribution in [1.29, 1.82) is 5.26 Å². The third kappa shape index (κ3) is 6.67. The van der Waals surface area contributed by atoms with Gasteiger partial charge in [0, 0.05) is 42.0 Å². The predicted octanol–water partition coefficient (Wildman–Crippen LogP) is 3.50. The average Bonchev–Trinajstić information content (AvgIpc) is 3.49. The van der Waals surface area contributed by atoms with Crippen molar-refractivity contribution in [2.45, 2.75) is 19.3 Å². The highest BCUT2D eigenvalue weighted by Crippen LogP contribution is 2.39. The van der Waals surface area contributed by atoms with Crippen molar-refractivity contribution in [3.63, 3.8) is 0 Å². The molecule has 10 heteroatoms. The molecule has 1 unspecified atom stereocenters. The molecule has 1 aliphatic heterocycles. The van der Waals surface area contributed by atoms with E-state index >= 15 is 0 Å². The summed E-state index contributed by atoms with van der Waals surface area (Å²) in [6, 6.07) is 6.13. The minimum atomic E-state index is -0.395. The molecule has 34 heavy (non-hydrogen) atoms. The largest absolute Gasteiger partial charge is 0.449 e. The van der Waals surface area contributed by atoms with E-state index in [4.69, 9.17) is 9.47 Å². The summed E-state index contributed by atoms with van der Waals surface area (Å²) >= 11 is 3.00. The quantitative estimate of drug-likeness (QED) is 0.538. The number of fused-ring (bicyclic) bond motifs is 1. The fraction of sp³-hybridized carbons (Fsp3) is 0.458. The van der Waals surface area contributed by atoms with Crippen LogP contribution in [0, 0.1) is 17.2 Å². The lowest BCUT2D eigenvalue weighted by molar-refractivity contribution is -0.111. The first kappa shape index (κ1) is 24.4. The Labute approximate surface area is 207 Å². The van der Waals surface area contributed by atoms with Crippen LogP contribution in [0.15, 0.2) is 23.6 Å². The van der Waals surface area contributed by atoms with Gasteiger partial charge in [0.05, 0.1) is 25.4 Å². The Kier molecular flexibility index (Phi) is 8.71. The lowest BCUT2D eigenvalue weighted by atomic mass is 9.88. The molecule has 2 N–H and O–H groups in total. The summed E-state index contributed by atoms with van der Waals surface area (Å²) in [5.74, 6) is -0.0536. The monoisotopic (exact) mass is 500 g/mol. The number of carbonyl (C=O) groups is 2. The summed E-state index contributed by atoms with van der Waals surface area (Å²) in [5, 5.41) is 17.9. The van der Waals surface area contributed by atoms with Crippen LogP contribution in [0.1, 0.15) is 27.3 Å². The van der Waals surface area contributed by atoms with Gasteiger partial charge in [-0.1, -0.05) is 6.07 Å². The van der Waals surface area contributed by atoms with Crippen molar-refractivity contribution in [3.05, 3.63) is 44.5 Å². The summed E-state index contributed by atoms with van der Waals surface area (Å²) < 4.78 is 10.8. The molecular formula is C24H28N4O4S2. The predicted molar refractivity (Wildman–Crippen MR) is 133 cm³/mol. The van der Waals surface area contributed by atoms with Crippen LogP contribution in [0.3, 0.4) is 0 Å². The maximum atomic E-state index is 12.3. The van der Waals surface area contributed by atoms with Crippen LogP contribution in [-0.2, 0) is 27.1 Å². The summed E-state index contributed by atoms with van der Waals surface area (Å²) in [5.41, 5.74) is 1.56. The lowest BCUT2D eigenvalue weighted by Crippen LogP contribution is -2.41. The number of nitrogens with one attached hydrogen (secondary N) is 2. The maximum Gasteiger partial charge on any atom is 0.407 e. The van der Waals surface area contributed by atoms with E-state index < -0.39 is 6.09 Å². The van der Waals surface area contributed by atoms with Gasteiger partial charge in [0.1, 0.15) is 11.1 Å². The SMILES string of the molecule is N#Cc1c(NC(=O)/C=C/c2cccs2)sc2c1CCC(COC(=O)NCCN1CCOCC1)C2. The Balaban J connectivity index is 1.25. The van der Waals surface area contributed by atoms with Gasteiger partial charge < -0.3 is 20.1 Å². The van der Waals surface area contributed by atoms with Crippen molar-refractivity contribution in [1.82, 2.24) is 10.2 Å². The Morgan fingerprint density at radius 3 is 2.97 bits per heavy atom. The fourth-order valence-corrected chi connectivity index (χ4v) is 6.02. The zero-order valence-corrected chi connectivity index (χ0v) is 20.5. The van der Waals surface area contributed by atoms with Crippen LogP contribution in [0.5, 0.6) is 0 Å². The number of rotatable bonds is 8. The number of amides is 2. The van der Waals surface area contributed by atoms with E-state index in [1.165, 1.54) is 17.4 Å². The number of nitrogens with zero attached hydrogens (tertiary/aromatic N) is 2. The van der Waals surface area contributed by atoms with Crippen molar-refractivity contribution < 1.29 is 19.1 Å². The third-order valence-corrected chi connectivity index (χ3v) is 7.92. The zero-order valence-electron chi connectivity index (χ0n) is 18.9. The van der Waals surface area contributed by atoms with Gasteiger partial charge >= 0.3 is 6.09 Å². The standard InChI is InChI=1S/C24H28N4O4S2/c25-15-20-19-5-3-17(16-32-24(30)26-7-8-28-9-11-31-12-10-28)14-21(19)34-23(20)27-22(29)6-4-18-2-1-13-33-18/h1-2,4,6,13,17H,3,5,7-12,14,16H2,(H,26,30)(H,27,29)/b6-4+. The second-order valence-corrected chi connectivity index (χ2v) is 10.3. The van der Waals surface area contributed by atoms with Crippen LogP contribution < -0.4 is 10.6 Å². The summed E-state index contributed by atoms with van der Waals surface area (Å²) in [6.07, 6.45) is 5.16. The molecule has 1 atom stereocenters. The van der Waals surface area contributed by atoms with Gasteiger partial charge in [-0.2, -0.15) is 5.26 Å². The molecule has 2 aliphatic rings. The molecular weight excluding hydrogens is 472 g/mol. The molecule has 2 aromatic heterocycles. The van der Waals surface area contributed by atoms with E-state index in [0.29, 0.717) is 23.7 Å². The number of hydrogen-bond acceptors (Lipinski definition) is 8. The number of hydrogen-bond donors (Lipinski definition) is 2.